The molecule has 0 heterocycles. The van der Waals surface area contributed by atoms with Crippen LogP contribution in [0.15, 0.2) is 83.8 Å². The highest BCUT2D eigenvalue weighted by molar-refractivity contribution is 7.92. The van der Waals surface area contributed by atoms with Crippen LogP contribution in [0.1, 0.15) is 45.2 Å². The molecule has 0 aliphatic heterocycles. The maximum absolute atomic E-state index is 14.1. The monoisotopic (exact) mass is 583 g/mol. The maximum atomic E-state index is 14.1. The molecule has 0 fully saturated rings. The van der Waals surface area contributed by atoms with Gasteiger partial charge in [-0.15, -0.1) is 0 Å². The Labute approximate surface area is 243 Å². The normalized spacial score (nSPS) is 12.2. The number of amides is 2. The summed E-state index contributed by atoms with van der Waals surface area (Å²) >= 11 is 6.07. The first-order chi connectivity index (χ1) is 19.1. The number of rotatable bonds is 13. The number of anilines is 1. The minimum absolute atomic E-state index is 0.0772. The van der Waals surface area contributed by atoms with Crippen LogP contribution in [0.25, 0.3) is 0 Å². The largest absolute Gasteiger partial charge is 0.354 e. The number of nitrogens with one attached hydrogen (secondary N) is 1. The Morgan fingerprint density at radius 3 is 2.02 bits per heavy atom. The Hall–Kier alpha value is -3.36. The second kappa shape index (κ2) is 14.3. The van der Waals surface area contributed by atoms with Gasteiger partial charge in [0.05, 0.1) is 10.6 Å². The molecular weight excluding hydrogens is 546 g/mol. The van der Waals surface area contributed by atoms with Crippen LogP contribution in [0.5, 0.6) is 0 Å². The molecular formula is C31H38ClN3O4S. The van der Waals surface area contributed by atoms with Crippen molar-refractivity contribution >= 4 is 39.1 Å². The lowest BCUT2D eigenvalue weighted by Gasteiger charge is -2.33. The molecule has 0 spiro atoms. The van der Waals surface area contributed by atoms with Crippen LogP contribution in [0.2, 0.25) is 5.02 Å². The lowest BCUT2D eigenvalue weighted by atomic mass is 10.1. The number of aryl methyl sites for hydroxylation is 1. The van der Waals surface area contributed by atoms with Crippen molar-refractivity contribution in [3.8, 4) is 0 Å². The van der Waals surface area contributed by atoms with Crippen LogP contribution in [0, 0.1) is 5.92 Å². The number of halogens is 1. The van der Waals surface area contributed by atoms with Gasteiger partial charge in [0.15, 0.2) is 0 Å². The minimum atomic E-state index is -4.09. The van der Waals surface area contributed by atoms with Gasteiger partial charge in [-0.05, 0) is 66.3 Å². The Morgan fingerprint density at radius 2 is 1.48 bits per heavy atom. The third kappa shape index (κ3) is 8.08. The molecule has 0 aliphatic rings. The number of hydrogen-bond donors (Lipinski definition) is 1. The van der Waals surface area contributed by atoms with Crippen molar-refractivity contribution in [1.29, 1.82) is 0 Å². The summed E-state index contributed by atoms with van der Waals surface area (Å²) in [5.74, 6) is -0.525. The molecule has 2 amide bonds. The molecule has 0 saturated heterocycles. The molecule has 3 aromatic carbocycles. The van der Waals surface area contributed by atoms with Crippen LogP contribution in [0.4, 0.5) is 5.69 Å². The average molecular weight is 584 g/mol. The fraction of sp³-hybridized carbons (Fsp3) is 0.355. The summed E-state index contributed by atoms with van der Waals surface area (Å²) in [4.78, 5) is 28.9. The zero-order valence-electron chi connectivity index (χ0n) is 23.5. The van der Waals surface area contributed by atoms with E-state index in [9.17, 15) is 18.0 Å². The van der Waals surface area contributed by atoms with Crippen LogP contribution in [0.3, 0.4) is 0 Å². The summed E-state index contributed by atoms with van der Waals surface area (Å²) in [6.07, 6.45) is 1.16. The van der Waals surface area contributed by atoms with Gasteiger partial charge in [-0.25, -0.2) is 8.42 Å². The number of sulfonamides is 1. The van der Waals surface area contributed by atoms with E-state index < -0.39 is 28.5 Å². The van der Waals surface area contributed by atoms with Gasteiger partial charge in [-0.1, -0.05) is 81.8 Å². The van der Waals surface area contributed by atoms with Crippen molar-refractivity contribution in [3.05, 3.63) is 95.0 Å². The average Bonchev–Trinajstić information content (AvgIpc) is 2.96. The SMILES string of the molecule is CCc1ccc(N(CC(=O)N(Cc2ccc(Cl)cc2)[C@H](CC)C(=O)NCC(C)C)S(=O)(=O)c2ccccc2)cc1. The molecule has 0 aromatic heterocycles. The molecule has 0 bridgehead atoms. The van der Waals surface area contributed by atoms with Gasteiger partial charge in [0, 0.05) is 18.1 Å². The first kappa shape index (κ1) is 31.2. The van der Waals surface area contributed by atoms with Gasteiger partial charge in [0.1, 0.15) is 12.6 Å². The molecule has 40 heavy (non-hydrogen) atoms. The van der Waals surface area contributed by atoms with E-state index in [0.29, 0.717) is 23.7 Å². The molecule has 1 atom stereocenters. The van der Waals surface area contributed by atoms with Gasteiger partial charge in [-0.3, -0.25) is 13.9 Å². The Balaban J connectivity index is 2.03. The third-order valence-corrected chi connectivity index (χ3v) is 8.62. The lowest BCUT2D eigenvalue weighted by molar-refractivity contribution is -0.140. The number of carbonyl (C=O) groups is 2. The van der Waals surface area contributed by atoms with Gasteiger partial charge in [0.25, 0.3) is 10.0 Å². The van der Waals surface area contributed by atoms with E-state index in [2.05, 4.69) is 5.32 Å². The minimum Gasteiger partial charge on any atom is -0.354 e. The summed E-state index contributed by atoms with van der Waals surface area (Å²) in [6, 6.07) is 21.4. The zero-order chi connectivity index (χ0) is 29.3. The number of nitrogens with zero attached hydrogens (tertiary/aromatic N) is 2. The molecule has 0 aliphatic carbocycles. The predicted octanol–water partition coefficient (Wildman–Crippen LogP) is 5.68. The van der Waals surface area contributed by atoms with E-state index in [1.165, 1.54) is 17.0 Å². The lowest BCUT2D eigenvalue weighted by Crippen LogP contribution is -2.52. The van der Waals surface area contributed by atoms with Crippen molar-refractivity contribution in [2.24, 2.45) is 5.92 Å². The summed E-state index contributed by atoms with van der Waals surface area (Å²) < 4.78 is 28.8. The standard InChI is InChI=1S/C31H38ClN3O4S/c1-5-24-14-18-27(19-15-24)35(40(38,39)28-10-8-7-9-11-28)22-30(36)34(21-25-12-16-26(32)17-13-25)29(6-2)31(37)33-20-23(3)4/h7-19,23,29H,5-6,20-22H2,1-4H3,(H,33,37)/t29-/m1/s1. The summed E-state index contributed by atoms with van der Waals surface area (Å²) in [7, 11) is -4.09. The molecule has 0 unspecified atom stereocenters. The van der Waals surface area contributed by atoms with Gasteiger partial charge < -0.3 is 10.2 Å². The summed E-state index contributed by atoms with van der Waals surface area (Å²) in [6.45, 7) is 7.96. The van der Waals surface area contributed by atoms with Crippen LogP contribution in [-0.2, 0) is 32.6 Å². The third-order valence-electron chi connectivity index (χ3n) is 6.58. The molecule has 7 nitrogen and oxygen atoms in total. The van der Waals surface area contributed by atoms with Crippen LogP contribution < -0.4 is 9.62 Å². The van der Waals surface area contributed by atoms with Crippen molar-refractivity contribution in [1.82, 2.24) is 10.2 Å². The summed E-state index contributed by atoms with van der Waals surface area (Å²) in [5.41, 5.74) is 2.19. The predicted molar refractivity (Wildman–Crippen MR) is 161 cm³/mol. The van der Waals surface area contributed by atoms with Crippen LogP contribution in [-0.4, -0.2) is 44.3 Å². The highest BCUT2D eigenvalue weighted by Crippen LogP contribution is 2.25. The van der Waals surface area contributed by atoms with Crippen molar-refractivity contribution in [2.45, 2.75) is 58.0 Å². The van der Waals surface area contributed by atoms with E-state index >= 15 is 0 Å². The molecule has 1 N–H and O–H groups in total. The Morgan fingerprint density at radius 1 is 0.875 bits per heavy atom. The number of hydrogen-bond acceptors (Lipinski definition) is 4. The molecule has 3 rings (SSSR count). The van der Waals surface area contributed by atoms with Crippen molar-refractivity contribution in [2.75, 3.05) is 17.4 Å². The molecule has 0 radical (unpaired) electrons. The molecule has 214 valence electrons. The van der Waals surface area contributed by atoms with Gasteiger partial charge in [0.2, 0.25) is 11.8 Å². The number of benzene rings is 3. The Kier molecular flexibility index (Phi) is 11.2. The van der Waals surface area contributed by atoms with Crippen molar-refractivity contribution in [3.63, 3.8) is 0 Å². The molecule has 9 heteroatoms. The van der Waals surface area contributed by atoms with Crippen LogP contribution >= 0.6 is 11.6 Å². The fourth-order valence-corrected chi connectivity index (χ4v) is 5.84. The van der Waals surface area contributed by atoms with Crippen molar-refractivity contribution < 1.29 is 18.0 Å². The second-order valence-corrected chi connectivity index (χ2v) is 12.4. The second-order valence-electron chi connectivity index (χ2n) is 10.1. The number of carbonyl (C=O) groups excluding carboxylic acids is 2. The smallest absolute Gasteiger partial charge is 0.264 e. The van der Waals surface area contributed by atoms with Gasteiger partial charge in [-0.2, -0.15) is 0 Å². The quantitative estimate of drug-likeness (QED) is 0.281. The Bertz CT molecular complexity index is 1360. The van der Waals surface area contributed by atoms with E-state index in [0.717, 1.165) is 21.9 Å². The molecule has 3 aromatic rings. The summed E-state index contributed by atoms with van der Waals surface area (Å²) in [5, 5.41) is 3.49. The maximum Gasteiger partial charge on any atom is 0.264 e. The van der Waals surface area contributed by atoms with E-state index in [4.69, 9.17) is 11.6 Å². The first-order valence-electron chi connectivity index (χ1n) is 13.5. The highest BCUT2D eigenvalue weighted by Gasteiger charge is 2.33. The van der Waals surface area contributed by atoms with Gasteiger partial charge >= 0.3 is 0 Å². The highest BCUT2D eigenvalue weighted by atomic mass is 35.5. The molecule has 0 saturated carbocycles. The van der Waals surface area contributed by atoms with E-state index in [-0.39, 0.29) is 23.3 Å². The zero-order valence-corrected chi connectivity index (χ0v) is 25.1. The van der Waals surface area contributed by atoms with E-state index in [1.807, 2.05) is 39.8 Å². The van der Waals surface area contributed by atoms with E-state index in [1.54, 1.807) is 54.6 Å². The first-order valence-corrected chi connectivity index (χ1v) is 15.4. The fourth-order valence-electron chi connectivity index (χ4n) is 4.27. The topological polar surface area (TPSA) is 86.8 Å².